The Morgan fingerprint density at radius 1 is 1.67 bits per heavy atom. The molecular formula is C10H15N3OS. The molecule has 0 aliphatic heterocycles. The Balaban J connectivity index is 1.96. The summed E-state index contributed by atoms with van der Waals surface area (Å²) in [5.41, 5.74) is 6.70. The molecule has 2 rings (SSSR count). The number of aryl methyl sites for hydroxylation is 2. The first-order valence-corrected chi connectivity index (χ1v) is 6.01. The van der Waals surface area contributed by atoms with Gasteiger partial charge in [0.1, 0.15) is 0 Å². The van der Waals surface area contributed by atoms with Crippen LogP contribution >= 0.6 is 11.3 Å². The van der Waals surface area contributed by atoms with Crippen LogP contribution in [0.5, 0.6) is 0 Å². The third-order valence-corrected chi connectivity index (χ3v) is 3.42. The van der Waals surface area contributed by atoms with Gasteiger partial charge < -0.3 is 11.1 Å². The number of fused-ring (bicyclic) bond motifs is 1. The second-order valence-electron chi connectivity index (χ2n) is 3.97. The molecule has 1 unspecified atom stereocenters. The average Bonchev–Trinajstić information content (AvgIpc) is 2.60. The topological polar surface area (TPSA) is 68.0 Å². The average molecular weight is 225 g/mol. The lowest BCUT2D eigenvalue weighted by Crippen LogP contribution is -2.23. The number of aromatic nitrogens is 1. The van der Waals surface area contributed by atoms with Gasteiger partial charge in [-0.2, -0.15) is 0 Å². The van der Waals surface area contributed by atoms with Crippen LogP contribution in [0.15, 0.2) is 0 Å². The van der Waals surface area contributed by atoms with Gasteiger partial charge in [-0.1, -0.05) is 0 Å². The van der Waals surface area contributed by atoms with E-state index in [1.54, 1.807) is 11.3 Å². The molecule has 0 spiro atoms. The van der Waals surface area contributed by atoms with E-state index in [-0.39, 0.29) is 11.9 Å². The highest BCUT2D eigenvalue weighted by Crippen LogP contribution is 2.30. The maximum absolute atomic E-state index is 11.4. The maximum Gasteiger partial charge on any atom is 0.227 e. The lowest BCUT2D eigenvalue weighted by Gasteiger charge is -2.03. The molecule has 1 aromatic heterocycles. The molecule has 1 amide bonds. The second kappa shape index (κ2) is 4.28. The van der Waals surface area contributed by atoms with Gasteiger partial charge in [0.2, 0.25) is 5.91 Å². The van der Waals surface area contributed by atoms with Crippen molar-refractivity contribution >= 4 is 22.4 Å². The number of carbonyl (C=O) groups is 1. The van der Waals surface area contributed by atoms with Crippen molar-refractivity contribution in [3.05, 3.63) is 10.6 Å². The summed E-state index contributed by atoms with van der Waals surface area (Å²) in [4.78, 5) is 17.1. The SMILES string of the molecule is CC(N)CC(=O)Nc1nc2c(s1)CCC2. The first kappa shape index (κ1) is 10.6. The van der Waals surface area contributed by atoms with Crippen molar-refractivity contribution in [1.29, 1.82) is 0 Å². The van der Waals surface area contributed by atoms with E-state index in [0.717, 1.165) is 23.7 Å². The van der Waals surface area contributed by atoms with E-state index in [1.165, 1.54) is 11.3 Å². The number of rotatable bonds is 3. The molecule has 15 heavy (non-hydrogen) atoms. The Morgan fingerprint density at radius 3 is 3.13 bits per heavy atom. The van der Waals surface area contributed by atoms with Gasteiger partial charge in [-0.25, -0.2) is 4.98 Å². The highest BCUT2D eigenvalue weighted by Gasteiger charge is 2.17. The lowest BCUT2D eigenvalue weighted by molar-refractivity contribution is -0.116. The van der Waals surface area contributed by atoms with Gasteiger partial charge >= 0.3 is 0 Å². The molecule has 1 aromatic rings. The number of hydrogen-bond acceptors (Lipinski definition) is 4. The molecule has 0 bridgehead atoms. The summed E-state index contributed by atoms with van der Waals surface area (Å²) in [6.45, 7) is 1.82. The number of nitrogens with one attached hydrogen (secondary N) is 1. The molecule has 0 radical (unpaired) electrons. The van der Waals surface area contributed by atoms with Crippen molar-refractivity contribution in [2.24, 2.45) is 5.73 Å². The minimum Gasteiger partial charge on any atom is -0.327 e. The fourth-order valence-electron chi connectivity index (χ4n) is 1.71. The molecule has 0 fully saturated rings. The molecular weight excluding hydrogens is 210 g/mol. The third-order valence-electron chi connectivity index (χ3n) is 2.35. The smallest absolute Gasteiger partial charge is 0.227 e. The summed E-state index contributed by atoms with van der Waals surface area (Å²) in [6.07, 6.45) is 3.71. The van der Waals surface area contributed by atoms with E-state index in [0.29, 0.717) is 6.42 Å². The molecule has 3 N–H and O–H groups in total. The van der Waals surface area contributed by atoms with Crippen molar-refractivity contribution in [2.75, 3.05) is 5.32 Å². The standard InChI is InChI=1S/C10H15N3OS/c1-6(11)5-9(14)13-10-12-7-3-2-4-8(7)15-10/h6H,2-5,11H2,1H3,(H,12,13,14). The summed E-state index contributed by atoms with van der Waals surface area (Å²) in [7, 11) is 0. The molecule has 1 atom stereocenters. The Labute approximate surface area is 92.9 Å². The molecule has 0 saturated heterocycles. The van der Waals surface area contributed by atoms with Crippen LogP contribution in [0.4, 0.5) is 5.13 Å². The number of anilines is 1. The maximum atomic E-state index is 11.4. The molecule has 1 aliphatic carbocycles. The van der Waals surface area contributed by atoms with Gasteiger partial charge in [-0.15, -0.1) is 11.3 Å². The van der Waals surface area contributed by atoms with Crippen molar-refractivity contribution in [2.45, 2.75) is 38.6 Å². The van der Waals surface area contributed by atoms with Crippen LogP contribution in [0.1, 0.15) is 30.3 Å². The van der Waals surface area contributed by atoms with E-state index in [4.69, 9.17) is 5.73 Å². The minimum absolute atomic E-state index is 0.0441. The molecule has 1 aliphatic rings. The predicted octanol–water partition coefficient (Wildman–Crippen LogP) is 1.31. The number of nitrogens with zero attached hydrogens (tertiary/aromatic N) is 1. The van der Waals surface area contributed by atoms with Crippen LogP contribution in [0.3, 0.4) is 0 Å². The predicted molar refractivity (Wildman–Crippen MR) is 61.0 cm³/mol. The van der Waals surface area contributed by atoms with Crippen molar-refractivity contribution in [1.82, 2.24) is 4.98 Å². The van der Waals surface area contributed by atoms with Crippen molar-refractivity contribution in [3.8, 4) is 0 Å². The van der Waals surface area contributed by atoms with E-state index < -0.39 is 0 Å². The number of hydrogen-bond donors (Lipinski definition) is 2. The van der Waals surface area contributed by atoms with Crippen molar-refractivity contribution < 1.29 is 4.79 Å². The van der Waals surface area contributed by atoms with E-state index in [9.17, 15) is 4.79 Å². The number of thiazole rings is 1. The molecule has 5 heteroatoms. The van der Waals surface area contributed by atoms with Gasteiger partial charge in [0.25, 0.3) is 0 Å². The number of carbonyl (C=O) groups excluding carboxylic acids is 1. The second-order valence-corrected chi connectivity index (χ2v) is 5.06. The quantitative estimate of drug-likeness (QED) is 0.815. The van der Waals surface area contributed by atoms with E-state index in [2.05, 4.69) is 10.3 Å². The minimum atomic E-state index is -0.100. The largest absolute Gasteiger partial charge is 0.327 e. The van der Waals surface area contributed by atoms with Gasteiger partial charge in [-0.3, -0.25) is 4.79 Å². The van der Waals surface area contributed by atoms with Crippen molar-refractivity contribution in [3.63, 3.8) is 0 Å². The van der Waals surface area contributed by atoms with Crippen LogP contribution in [-0.4, -0.2) is 16.9 Å². The summed E-state index contributed by atoms with van der Waals surface area (Å²) < 4.78 is 0. The third kappa shape index (κ3) is 2.54. The Bertz CT molecular complexity index is 351. The molecule has 4 nitrogen and oxygen atoms in total. The monoisotopic (exact) mass is 225 g/mol. The zero-order valence-electron chi connectivity index (χ0n) is 8.75. The number of amides is 1. The van der Waals surface area contributed by atoms with Gasteiger partial charge in [0.15, 0.2) is 5.13 Å². The highest BCUT2D eigenvalue weighted by atomic mass is 32.1. The van der Waals surface area contributed by atoms with E-state index >= 15 is 0 Å². The first-order valence-electron chi connectivity index (χ1n) is 5.19. The van der Waals surface area contributed by atoms with Gasteiger partial charge in [0.05, 0.1) is 5.69 Å². The molecule has 0 saturated carbocycles. The molecule has 0 aromatic carbocycles. The molecule has 1 heterocycles. The summed E-state index contributed by atoms with van der Waals surface area (Å²) in [6, 6.07) is -0.100. The zero-order chi connectivity index (χ0) is 10.8. The van der Waals surface area contributed by atoms with Crippen LogP contribution in [0.2, 0.25) is 0 Å². The Kier molecular flexibility index (Phi) is 3.02. The Hall–Kier alpha value is -0.940. The van der Waals surface area contributed by atoms with Crippen LogP contribution in [0, 0.1) is 0 Å². The van der Waals surface area contributed by atoms with Crippen LogP contribution < -0.4 is 11.1 Å². The highest BCUT2D eigenvalue weighted by molar-refractivity contribution is 7.15. The summed E-state index contributed by atoms with van der Waals surface area (Å²) in [5, 5.41) is 3.52. The van der Waals surface area contributed by atoms with Gasteiger partial charge in [-0.05, 0) is 26.2 Å². The number of nitrogens with two attached hydrogens (primary N) is 1. The molecule has 82 valence electrons. The first-order chi connectivity index (χ1) is 7.15. The fourth-order valence-corrected chi connectivity index (χ4v) is 2.77. The van der Waals surface area contributed by atoms with Gasteiger partial charge in [0, 0.05) is 17.3 Å². The normalized spacial score (nSPS) is 16.1. The zero-order valence-corrected chi connectivity index (χ0v) is 9.56. The Morgan fingerprint density at radius 2 is 2.47 bits per heavy atom. The van der Waals surface area contributed by atoms with Crippen LogP contribution in [-0.2, 0) is 17.6 Å². The van der Waals surface area contributed by atoms with E-state index in [1.807, 2.05) is 6.92 Å². The lowest BCUT2D eigenvalue weighted by atomic mass is 10.2. The van der Waals surface area contributed by atoms with Crippen LogP contribution in [0.25, 0.3) is 0 Å². The summed E-state index contributed by atoms with van der Waals surface area (Å²) in [5.74, 6) is -0.0441. The fraction of sp³-hybridized carbons (Fsp3) is 0.600. The summed E-state index contributed by atoms with van der Waals surface area (Å²) >= 11 is 1.59.